The van der Waals surface area contributed by atoms with Crippen LogP contribution in [-0.2, 0) is 4.79 Å². The summed E-state index contributed by atoms with van der Waals surface area (Å²) in [6.45, 7) is 1.90. The van der Waals surface area contributed by atoms with Crippen LogP contribution in [0.15, 0.2) is 24.3 Å². The van der Waals surface area contributed by atoms with Crippen LogP contribution in [0.25, 0.3) is 0 Å². The highest BCUT2D eigenvalue weighted by atomic mass is 16.5. The summed E-state index contributed by atoms with van der Waals surface area (Å²) >= 11 is 0. The van der Waals surface area contributed by atoms with Gasteiger partial charge >= 0.3 is 0 Å². The highest BCUT2D eigenvalue weighted by Gasteiger charge is 2.33. The molecule has 0 saturated heterocycles. The molecule has 1 saturated carbocycles. The Morgan fingerprint density at radius 1 is 1.35 bits per heavy atom. The van der Waals surface area contributed by atoms with Gasteiger partial charge in [-0.25, -0.2) is 0 Å². The molecule has 0 bridgehead atoms. The fraction of sp³-hybridized carbons (Fsp3) is 0.533. The second kappa shape index (κ2) is 6.72. The maximum Gasteiger partial charge on any atom is 0.258 e. The quantitative estimate of drug-likeness (QED) is 0.738. The maximum atomic E-state index is 11.8. The third kappa shape index (κ3) is 3.95. The van der Waals surface area contributed by atoms with Crippen molar-refractivity contribution in [2.75, 3.05) is 13.2 Å². The molecule has 20 heavy (non-hydrogen) atoms. The zero-order chi connectivity index (χ0) is 14.5. The van der Waals surface area contributed by atoms with Crippen LogP contribution in [0.5, 0.6) is 5.75 Å². The molecule has 0 radical (unpaired) electrons. The predicted molar refractivity (Wildman–Crippen MR) is 74.4 cm³/mol. The summed E-state index contributed by atoms with van der Waals surface area (Å²) in [5, 5.41) is 21.5. The number of aliphatic hydroxyl groups is 2. The molecule has 1 aliphatic rings. The summed E-state index contributed by atoms with van der Waals surface area (Å²) in [4.78, 5) is 11.8. The first kappa shape index (κ1) is 14.8. The number of hydrogen-bond acceptors (Lipinski definition) is 4. The molecule has 0 aliphatic heterocycles. The fourth-order valence-corrected chi connectivity index (χ4v) is 2.47. The van der Waals surface area contributed by atoms with Crippen LogP contribution in [0.4, 0.5) is 0 Å². The van der Waals surface area contributed by atoms with Crippen LogP contribution < -0.4 is 10.1 Å². The number of aliphatic hydroxyl groups excluding tert-OH is 2. The summed E-state index contributed by atoms with van der Waals surface area (Å²) in [5.41, 5.74) is 1.14. The first-order valence-electron chi connectivity index (χ1n) is 6.86. The molecule has 1 aromatic rings. The molecule has 0 heterocycles. The molecule has 1 amide bonds. The minimum Gasteiger partial charge on any atom is -0.484 e. The number of rotatable bonds is 5. The van der Waals surface area contributed by atoms with Gasteiger partial charge in [0.15, 0.2) is 6.61 Å². The third-order valence-corrected chi connectivity index (χ3v) is 3.65. The molecular weight excluding hydrogens is 258 g/mol. The molecule has 0 aromatic heterocycles. The Bertz CT molecular complexity index is 446. The number of ether oxygens (including phenoxy) is 1. The summed E-state index contributed by atoms with van der Waals surface area (Å²) in [6.07, 6.45) is 0.554. The van der Waals surface area contributed by atoms with Crippen molar-refractivity contribution in [3.05, 3.63) is 29.8 Å². The van der Waals surface area contributed by atoms with Gasteiger partial charge in [0.1, 0.15) is 5.75 Å². The van der Waals surface area contributed by atoms with E-state index in [0.717, 1.165) is 5.56 Å². The van der Waals surface area contributed by atoms with E-state index in [1.54, 1.807) is 0 Å². The highest BCUT2D eigenvalue weighted by Crippen LogP contribution is 2.25. The Labute approximate surface area is 118 Å². The molecule has 1 aliphatic carbocycles. The van der Waals surface area contributed by atoms with Crippen molar-refractivity contribution < 1.29 is 19.7 Å². The number of hydrogen-bond donors (Lipinski definition) is 3. The third-order valence-electron chi connectivity index (χ3n) is 3.65. The monoisotopic (exact) mass is 279 g/mol. The van der Waals surface area contributed by atoms with Crippen molar-refractivity contribution in [3.63, 3.8) is 0 Å². The van der Waals surface area contributed by atoms with Gasteiger partial charge in [-0.3, -0.25) is 4.79 Å². The van der Waals surface area contributed by atoms with Crippen LogP contribution in [0, 0.1) is 12.8 Å². The van der Waals surface area contributed by atoms with E-state index < -0.39 is 6.10 Å². The average Bonchev–Trinajstić information content (AvgIpc) is 2.78. The molecule has 1 aromatic carbocycles. The van der Waals surface area contributed by atoms with Gasteiger partial charge in [-0.05, 0) is 31.9 Å². The largest absolute Gasteiger partial charge is 0.484 e. The number of carbonyl (C=O) groups is 1. The first-order chi connectivity index (χ1) is 9.58. The molecule has 1 fully saturated rings. The van der Waals surface area contributed by atoms with E-state index in [0.29, 0.717) is 18.6 Å². The Morgan fingerprint density at radius 2 is 2.05 bits per heavy atom. The Hall–Kier alpha value is -1.59. The molecule has 3 N–H and O–H groups in total. The molecule has 3 atom stereocenters. The Kier molecular flexibility index (Phi) is 4.98. The van der Waals surface area contributed by atoms with Gasteiger partial charge in [-0.1, -0.05) is 17.7 Å². The lowest BCUT2D eigenvalue weighted by Gasteiger charge is -2.13. The van der Waals surface area contributed by atoms with Gasteiger partial charge in [0.05, 0.1) is 6.10 Å². The van der Waals surface area contributed by atoms with Crippen LogP contribution in [0.3, 0.4) is 0 Å². The molecule has 5 nitrogen and oxygen atoms in total. The summed E-state index contributed by atoms with van der Waals surface area (Å²) in [6, 6.07) is 7.41. The number of nitrogens with one attached hydrogen (secondary N) is 1. The summed E-state index contributed by atoms with van der Waals surface area (Å²) in [5.74, 6) is 0.310. The van der Waals surface area contributed by atoms with Crippen LogP contribution >= 0.6 is 0 Å². The lowest BCUT2D eigenvalue weighted by Crippen LogP contribution is -2.36. The highest BCUT2D eigenvalue weighted by molar-refractivity contribution is 5.77. The summed E-state index contributed by atoms with van der Waals surface area (Å²) in [7, 11) is 0. The van der Waals surface area contributed by atoms with Gasteiger partial charge < -0.3 is 20.3 Å². The summed E-state index contributed by atoms with van der Waals surface area (Å²) < 4.78 is 5.39. The van der Waals surface area contributed by atoms with Crippen molar-refractivity contribution in [3.8, 4) is 5.75 Å². The maximum absolute atomic E-state index is 11.8. The van der Waals surface area contributed by atoms with Gasteiger partial charge in [0.25, 0.3) is 5.91 Å². The molecular formula is C15H21NO4. The second-order valence-corrected chi connectivity index (χ2v) is 5.35. The van der Waals surface area contributed by atoms with Crippen molar-refractivity contribution in [1.29, 1.82) is 0 Å². The Morgan fingerprint density at radius 3 is 2.65 bits per heavy atom. The second-order valence-electron chi connectivity index (χ2n) is 5.35. The molecule has 5 heteroatoms. The van der Waals surface area contributed by atoms with Gasteiger partial charge in [-0.15, -0.1) is 0 Å². The minimum atomic E-state index is -0.539. The average molecular weight is 279 g/mol. The van der Waals surface area contributed by atoms with E-state index in [9.17, 15) is 9.90 Å². The van der Waals surface area contributed by atoms with Crippen LogP contribution in [0.1, 0.15) is 18.4 Å². The van der Waals surface area contributed by atoms with Gasteiger partial charge in [0.2, 0.25) is 0 Å². The first-order valence-corrected chi connectivity index (χ1v) is 6.86. The molecule has 110 valence electrons. The van der Waals surface area contributed by atoms with E-state index in [-0.39, 0.29) is 31.1 Å². The Balaban J connectivity index is 1.74. The zero-order valence-corrected chi connectivity index (χ0v) is 11.6. The molecule has 2 rings (SSSR count). The van der Waals surface area contributed by atoms with E-state index in [1.807, 2.05) is 31.2 Å². The van der Waals surface area contributed by atoms with Gasteiger partial charge in [-0.2, -0.15) is 0 Å². The van der Waals surface area contributed by atoms with E-state index >= 15 is 0 Å². The SMILES string of the molecule is Cc1ccc(OCC(=O)N[C@H]2C[C@@H](CO)[C@@H](O)C2)cc1. The standard InChI is InChI=1S/C15H21NO4/c1-10-2-4-13(5-3-10)20-9-15(19)16-12-6-11(8-17)14(18)7-12/h2-5,11-12,14,17-18H,6-9H2,1H3,(H,16,19)/t11-,12-,14-/m0/s1. The number of aryl methyl sites for hydroxylation is 1. The van der Waals surface area contributed by atoms with E-state index in [2.05, 4.69) is 5.32 Å². The smallest absolute Gasteiger partial charge is 0.258 e. The van der Waals surface area contributed by atoms with E-state index in [4.69, 9.17) is 9.84 Å². The zero-order valence-electron chi connectivity index (χ0n) is 11.6. The van der Waals surface area contributed by atoms with E-state index in [1.165, 1.54) is 0 Å². The fourth-order valence-electron chi connectivity index (χ4n) is 2.47. The van der Waals surface area contributed by atoms with Crippen LogP contribution in [-0.4, -0.2) is 41.5 Å². The number of carbonyl (C=O) groups excluding carboxylic acids is 1. The molecule has 0 spiro atoms. The van der Waals surface area contributed by atoms with Crippen molar-refractivity contribution in [2.24, 2.45) is 5.92 Å². The topological polar surface area (TPSA) is 78.8 Å². The molecule has 0 unspecified atom stereocenters. The normalized spacial score (nSPS) is 25.4. The van der Waals surface area contributed by atoms with Crippen LogP contribution in [0.2, 0.25) is 0 Å². The van der Waals surface area contributed by atoms with Crippen molar-refractivity contribution in [1.82, 2.24) is 5.32 Å². The lowest BCUT2D eigenvalue weighted by molar-refractivity contribution is -0.123. The predicted octanol–water partition coefficient (Wildman–Crippen LogP) is 0.622. The minimum absolute atomic E-state index is 0.0422. The number of amides is 1. The van der Waals surface area contributed by atoms with Gasteiger partial charge in [0, 0.05) is 18.6 Å². The van der Waals surface area contributed by atoms with Crippen molar-refractivity contribution in [2.45, 2.75) is 31.9 Å². The number of benzene rings is 1. The lowest BCUT2D eigenvalue weighted by atomic mass is 10.1. The van der Waals surface area contributed by atoms with Crippen molar-refractivity contribution >= 4 is 5.91 Å².